The number of hydrogen-bond acceptors (Lipinski definition) is 7. The quantitative estimate of drug-likeness (QED) is 0.187. The summed E-state index contributed by atoms with van der Waals surface area (Å²) in [4.78, 5) is 32.4. The van der Waals surface area contributed by atoms with Crippen LogP contribution in [0.1, 0.15) is 41.9 Å². The normalized spacial score (nSPS) is 13.9. The summed E-state index contributed by atoms with van der Waals surface area (Å²) in [6.45, 7) is -0.297. The van der Waals surface area contributed by atoms with Gasteiger partial charge in [0, 0.05) is 31.6 Å². The minimum absolute atomic E-state index is 0.0263. The number of nitrogens with zero attached hydrogens (tertiary/aromatic N) is 6. The van der Waals surface area contributed by atoms with Crippen molar-refractivity contribution in [1.29, 1.82) is 0 Å². The minimum atomic E-state index is -3.87. The third-order valence-corrected chi connectivity index (χ3v) is 9.24. The Hall–Kier alpha value is -5.29. The summed E-state index contributed by atoms with van der Waals surface area (Å²) in [6, 6.07) is 7.33. The van der Waals surface area contributed by atoms with Crippen LogP contribution in [0.15, 0.2) is 59.5 Å². The second-order valence-electron chi connectivity index (χ2n) is 12.3. The van der Waals surface area contributed by atoms with Gasteiger partial charge in [0.1, 0.15) is 46.5 Å². The molecule has 264 valence electrons. The number of nitrogens with one attached hydrogen (secondary N) is 2. The van der Waals surface area contributed by atoms with Crippen molar-refractivity contribution in [2.24, 2.45) is 7.05 Å². The number of rotatable bonds is 10. The maximum absolute atomic E-state index is 15.4. The molecule has 51 heavy (non-hydrogen) atoms. The van der Waals surface area contributed by atoms with Crippen LogP contribution in [-0.4, -0.2) is 49.7 Å². The number of halogens is 5. The summed E-state index contributed by atoms with van der Waals surface area (Å²) in [5.74, 6) is -4.87. The molecule has 3 aromatic carbocycles. The smallest absolute Gasteiger partial charge is 0.269 e. The van der Waals surface area contributed by atoms with E-state index in [0.29, 0.717) is 12.0 Å². The molecule has 7 rings (SSSR count). The molecule has 0 bridgehead atoms. The van der Waals surface area contributed by atoms with Gasteiger partial charge < -0.3 is 5.32 Å². The summed E-state index contributed by atoms with van der Waals surface area (Å²) in [5.41, 5.74) is -0.900. The molecular weight excluding hydrogens is 716 g/mol. The number of anilines is 1. The third kappa shape index (κ3) is 6.78. The highest BCUT2D eigenvalue weighted by Crippen LogP contribution is 2.39. The largest absolute Gasteiger partial charge is 0.344 e. The van der Waals surface area contributed by atoms with Gasteiger partial charge in [0.05, 0.1) is 39.6 Å². The number of sulfonamides is 1. The van der Waals surface area contributed by atoms with Crippen molar-refractivity contribution in [1.82, 2.24) is 34.4 Å². The van der Waals surface area contributed by atoms with E-state index in [9.17, 15) is 26.8 Å². The lowest BCUT2D eigenvalue weighted by atomic mass is 10.0. The Morgan fingerprint density at radius 1 is 1.00 bits per heavy atom. The Balaban J connectivity index is 1.46. The summed E-state index contributed by atoms with van der Waals surface area (Å²) < 4.78 is 89.7. The molecular formula is C33H27ClF4N8O4S. The fourth-order valence-electron chi connectivity index (χ4n) is 6.11. The van der Waals surface area contributed by atoms with Gasteiger partial charge in [0.2, 0.25) is 15.9 Å². The SMILES string of the molecule is Cn1nc(NS(C)(=O)=O)c2c(Cl)ccc(-n3c([C@H](Cc4cc(F)cc(F)c4)NC(=O)Cn4ccc(C5CC5)n4)nc4c(F)ccc(F)c4c3=O)c21. The fourth-order valence-corrected chi connectivity index (χ4v) is 6.84. The van der Waals surface area contributed by atoms with Gasteiger partial charge in [-0.1, -0.05) is 11.6 Å². The maximum Gasteiger partial charge on any atom is 0.269 e. The van der Waals surface area contributed by atoms with Crippen LogP contribution < -0.4 is 15.6 Å². The van der Waals surface area contributed by atoms with E-state index in [1.54, 1.807) is 12.3 Å². The summed E-state index contributed by atoms with van der Waals surface area (Å²) >= 11 is 6.52. The van der Waals surface area contributed by atoms with E-state index >= 15 is 8.78 Å². The van der Waals surface area contributed by atoms with Gasteiger partial charge in [-0.15, -0.1) is 0 Å². The van der Waals surface area contributed by atoms with Gasteiger partial charge in [-0.3, -0.25) is 28.2 Å². The van der Waals surface area contributed by atoms with Crippen LogP contribution in [0.4, 0.5) is 23.4 Å². The highest BCUT2D eigenvalue weighted by molar-refractivity contribution is 7.92. The van der Waals surface area contributed by atoms with Gasteiger partial charge in [0.15, 0.2) is 5.82 Å². The molecule has 0 aliphatic heterocycles. The predicted molar refractivity (Wildman–Crippen MR) is 180 cm³/mol. The summed E-state index contributed by atoms with van der Waals surface area (Å²) in [6.07, 6.45) is 4.12. The van der Waals surface area contributed by atoms with Crippen LogP contribution in [0.5, 0.6) is 0 Å². The van der Waals surface area contributed by atoms with Crippen molar-refractivity contribution in [3.63, 3.8) is 0 Å². The van der Waals surface area contributed by atoms with E-state index in [2.05, 4.69) is 25.2 Å². The molecule has 3 heterocycles. The van der Waals surface area contributed by atoms with E-state index in [-0.39, 0.29) is 51.8 Å². The Kier molecular flexibility index (Phi) is 8.57. The highest BCUT2D eigenvalue weighted by Gasteiger charge is 2.30. The van der Waals surface area contributed by atoms with E-state index in [4.69, 9.17) is 11.6 Å². The monoisotopic (exact) mass is 742 g/mol. The van der Waals surface area contributed by atoms with E-state index < -0.39 is 61.7 Å². The Bertz CT molecular complexity index is 2550. The molecule has 0 spiro atoms. The molecule has 1 aliphatic rings. The molecule has 2 N–H and O–H groups in total. The van der Waals surface area contributed by atoms with Crippen LogP contribution >= 0.6 is 11.6 Å². The minimum Gasteiger partial charge on any atom is -0.344 e. The summed E-state index contributed by atoms with van der Waals surface area (Å²) in [7, 11) is -2.44. The standard InChI is InChI=1S/C33H27ClF4N8O4S/c1-44-30-25(8-5-20(34)27(30)31(42-44)43-51(2,49)50)46-32(40-29-22(38)7-6-21(37)28(29)33(46)48)24(13-16-11-18(35)14-19(36)12-16)39-26(47)15-45-10-9-23(41-45)17-3-4-17/h5-12,14,17,24H,3-4,13,15H2,1-2H3,(H,39,47)(H,42,43)/t24-/m0/s1. The lowest BCUT2D eigenvalue weighted by molar-refractivity contribution is -0.122. The van der Waals surface area contributed by atoms with Crippen LogP contribution in [0.2, 0.25) is 5.02 Å². The first-order valence-corrected chi connectivity index (χ1v) is 17.8. The number of fused-ring (bicyclic) bond motifs is 2. The number of carbonyl (C=O) groups is 1. The van der Waals surface area contributed by atoms with Crippen LogP contribution in [0, 0.1) is 23.3 Å². The first-order chi connectivity index (χ1) is 24.2. The van der Waals surface area contributed by atoms with Crippen LogP contribution in [0.25, 0.3) is 27.5 Å². The third-order valence-electron chi connectivity index (χ3n) is 8.36. The lowest BCUT2D eigenvalue weighted by Gasteiger charge is -2.24. The first kappa shape index (κ1) is 34.2. The molecule has 1 saturated carbocycles. The lowest BCUT2D eigenvalue weighted by Crippen LogP contribution is -2.37. The number of carbonyl (C=O) groups excluding carboxylic acids is 1. The van der Waals surface area contributed by atoms with Crippen molar-refractivity contribution in [2.75, 3.05) is 11.0 Å². The van der Waals surface area contributed by atoms with Crippen LogP contribution in [0.3, 0.4) is 0 Å². The topological polar surface area (TPSA) is 146 Å². The molecule has 1 aliphatic carbocycles. The zero-order chi connectivity index (χ0) is 36.4. The Morgan fingerprint density at radius 2 is 1.71 bits per heavy atom. The first-order valence-electron chi connectivity index (χ1n) is 15.5. The van der Waals surface area contributed by atoms with Gasteiger partial charge in [0.25, 0.3) is 5.56 Å². The maximum atomic E-state index is 15.4. The van der Waals surface area contributed by atoms with E-state index in [1.165, 1.54) is 28.5 Å². The van der Waals surface area contributed by atoms with Crippen molar-refractivity contribution < 1.29 is 30.8 Å². The number of hydrogen-bond donors (Lipinski definition) is 2. The van der Waals surface area contributed by atoms with Crippen molar-refractivity contribution >= 4 is 55.2 Å². The average Bonchev–Trinajstić information content (AvgIpc) is 3.70. The van der Waals surface area contributed by atoms with Gasteiger partial charge >= 0.3 is 0 Å². The van der Waals surface area contributed by atoms with Gasteiger partial charge in [-0.2, -0.15) is 10.2 Å². The molecule has 1 fully saturated rings. The predicted octanol–water partition coefficient (Wildman–Crippen LogP) is 5.03. The molecule has 1 amide bonds. The van der Waals surface area contributed by atoms with E-state index in [1.807, 2.05) is 0 Å². The second-order valence-corrected chi connectivity index (χ2v) is 14.5. The molecule has 0 unspecified atom stereocenters. The number of aryl methyl sites for hydroxylation is 1. The molecule has 1 atom stereocenters. The Labute approximate surface area is 291 Å². The molecule has 3 aromatic heterocycles. The zero-order valence-electron chi connectivity index (χ0n) is 26.8. The molecule has 18 heteroatoms. The average molecular weight is 743 g/mol. The van der Waals surface area contributed by atoms with Crippen molar-refractivity contribution in [3.8, 4) is 5.69 Å². The second kappa shape index (κ2) is 12.8. The van der Waals surface area contributed by atoms with Crippen LogP contribution in [-0.2, 0) is 34.8 Å². The molecule has 12 nitrogen and oxygen atoms in total. The number of amides is 1. The summed E-state index contributed by atoms with van der Waals surface area (Å²) in [5, 5.41) is 10.8. The zero-order valence-corrected chi connectivity index (χ0v) is 28.4. The fraction of sp³-hybridized carbons (Fsp3) is 0.242. The van der Waals surface area contributed by atoms with E-state index in [0.717, 1.165) is 53.6 Å². The highest BCUT2D eigenvalue weighted by atomic mass is 35.5. The molecule has 0 radical (unpaired) electrons. The number of benzene rings is 3. The Morgan fingerprint density at radius 3 is 2.39 bits per heavy atom. The van der Waals surface area contributed by atoms with Crippen molar-refractivity contribution in [3.05, 3.63) is 110 Å². The van der Waals surface area contributed by atoms with Gasteiger partial charge in [-0.05, 0) is 60.9 Å². The molecule has 0 saturated heterocycles. The van der Waals surface area contributed by atoms with Crippen molar-refractivity contribution in [2.45, 2.75) is 37.8 Å². The molecule has 6 aromatic rings. The number of aromatic nitrogens is 6. The van der Waals surface area contributed by atoms with Gasteiger partial charge in [-0.25, -0.2) is 31.0 Å².